The van der Waals surface area contributed by atoms with E-state index < -0.39 is 24.5 Å². The number of nitrogen functional groups attached to an aromatic ring is 1. The van der Waals surface area contributed by atoms with Gasteiger partial charge in [0.05, 0.1) is 29.2 Å². The molecule has 0 bridgehead atoms. The molecule has 1 aliphatic rings. The summed E-state index contributed by atoms with van der Waals surface area (Å²) in [5.41, 5.74) is 9.68. The predicted octanol–water partition coefficient (Wildman–Crippen LogP) is 2.57. The van der Waals surface area contributed by atoms with Crippen molar-refractivity contribution in [1.29, 1.82) is 0 Å². The van der Waals surface area contributed by atoms with Gasteiger partial charge in [0, 0.05) is 33.9 Å². The van der Waals surface area contributed by atoms with E-state index in [-0.39, 0.29) is 0 Å². The van der Waals surface area contributed by atoms with Crippen LogP contribution >= 0.6 is 34.4 Å². The van der Waals surface area contributed by atoms with Crippen molar-refractivity contribution >= 4 is 51.2 Å². The summed E-state index contributed by atoms with van der Waals surface area (Å²) in [5.74, 6) is 1.58. The molecule has 0 aliphatic carbocycles. The lowest BCUT2D eigenvalue weighted by molar-refractivity contribution is -0.0286. The second kappa shape index (κ2) is 9.22. The Morgan fingerprint density at radius 1 is 1.15 bits per heavy atom. The summed E-state index contributed by atoms with van der Waals surface area (Å²) < 4.78 is 10.7. The number of imidazole rings is 1. The summed E-state index contributed by atoms with van der Waals surface area (Å²) >= 11 is 3.79. The van der Waals surface area contributed by atoms with Gasteiger partial charge < -0.3 is 29.8 Å². The Hall–Kier alpha value is -2.19. The average molecular weight is 578 g/mol. The number of nitrogens with two attached hydrogens (primary N) is 1. The third-order valence-corrected chi connectivity index (χ3v) is 7.69. The number of hydrogen-bond acceptors (Lipinski definition) is 8. The van der Waals surface area contributed by atoms with Crippen LogP contribution in [0.5, 0.6) is 0 Å². The number of halogens is 1. The van der Waals surface area contributed by atoms with Gasteiger partial charge in [0.2, 0.25) is 0 Å². The highest BCUT2D eigenvalue weighted by Gasteiger charge is 2.44. The molecule has 0 amide bonds. The quantitative estimate of drug-likeness (QED) is 0.299. The van der Waals surface area contributed by atoms with Crippen molar-refractivity contribution in [1.82, 2.24) is 24.1 Å². The summed E-state index contributed by atoms with van der Waals surface area (Å²) in [6, 6.07) is 10.1. The van der Waals surface area contributed by atoms with Crippen molar-refractivity contribution in [2.45, 2.75) is 30.3 Å². The molecule has 4 atom stereocenters. The highest BCUT2D eigenvalue weighted by molar-refractivity contribution is 14.1. The molecule has 4 N–H and O–H groups in total. The Labute approximate surface area is 208 Å². The van der Waals surface area contributed by atoms with Gasteiger partial charge in [-0.15, -0.1) is 0 Å². The molecule has 1 aliphatic heterocycles. The molecular formula is C22H23IN6O3S. The lowest BCUT2D eigenvalue weighted by atomic mass is 10.1. The highest BCUT2D eigenvalue weighted by Crippen LogP contribution is 2.36. The SMILES string of the molecule is Cn1cnc(-c2ccccc2)c1CSC[C@H]1O[C@@H](n2cc(I)c3c(N)ncnc32)[C@H](O)[C@@H]1O. The van der Waals surface area contributed by atoms with Crippen LogP contribution in [-0.2, 0) is 17.5 Å². The van der Waals surface area contributed by atoms with E-state index in [4.69, 9.17) is 10.5 Å². The Balaban J connectivity index is 1.30. The topological polar surface area (TPSA) is 124 Å². The number of hydrogen-bond donors (Lipinski definition) is 3. The smallest absolute Gasteiger partial charge is 0.164 e. The normalized spacial score (nSPS) is 22.9. The molecule has 0 spiro atoms. The van der Waals surface area contributed by atoms with Crippen LogP contribution in [-0.4, -0.2) is 58.4 Å². The summed E-state index contributed by atoms with van der Waals surface area (Å²) in [6.07, 6.45) is 1.61. The molecule has 3 aromatic heterocycles. The predicted molar refractivity (Wildman–Crippen MR) is 135 cm³/mol. The monoisotopic (exact) mass is 578 g/mol. The van der Waals surface area contributed by atoms with Crippen LogP contribution in [0, 0.1) is 3.57 Å². The third kappa shape index (κ3) is 4.12. The van der Waals surface area contributed by atoms with E-state index in [0.717, 1.165) is 20.5 Å². The van der Waals surface area contributed by atoms with Crippen LogP contribution in [0.3, 0.4) is 0 Å². The summed E-state index contributed by atoms with van der Waals surface area (Å²) in [7, 11) is 1.97. The molecule has 1 fully saturated rings. The van der Waals surface area contributed by atoms with Gasteiger partial charge in [0.15, 0.2) is 6.23 Å². The largest absolute Gasteiger partial charge is 0.387 e. The first kappa shape index (κ1) is 22.6. The second-order valence-electron chi connectivity index (χ2n) is 7.92. The zero-order chi connectivity index (χ0) is 23.1. The fourth-order valence-corrected chi connectivity index (χ4v) is 6.06. The van der Waals surface area contributed by atoms with Crippen LogP contribution in [0.1, 0.15) is 11.9 Å². The first-order chi connectivity index (χ1) is 16.0. The molecule has 0 saturated carbocycles. The first-order valence-electron chi connectivity index (χ1n) is 10.4. The summed E-state index contributed by atoms with van der Waals surface area (Å²) in [5, 5.41) is 22.1. The lowest BCUT2D eigenvalue weighted by Gasteiger charge is -2.17. The van der Waals surface area contributed by atoms with Gasteiger partial charge in [-0.05, 0) is 22.6 Å². The molecular weight excluding hydrogens is 555 g/mol. The maximum Gasteiger partial charge on any atom is 0.164 e. The molecule has 1 saturated heterocycles. The minimum Gasteiger partial charge on any atom is -0.387 e. The number of ether oxygens (including phenoxy) is 1. The van der Waals surface area contributed by atoms with Crippen molar-refractivity contribution in [2.24, 2.45) is 7.05 Å². The number of aliphatic hydroxyl groups is 2. The number of nitrogens with zero attached hydrogens (tertiary/aromatic N) is 5. The van der Waals surface area contributed by atoms with Crippen LogP contribution in [0.25, 0.3) is 22.3 Å². The first-order valence-corrected chi connectivity index (χ1v) is 12.6. The fraction of sp³-hybridized carbons (Fsp3) is 0.318. The highest BCUT2D eigenvalue weighted by atomic mass is 127. The van der Waals surface area contributed by atoms with Crippen LogP contribution in [0.2, 0.25) is 0 Å². The number of fused-ring (bicyclic) bond motifs is 1. The standard InChI is InChI=1S/C22H23IN6O3S/c1-28-11-27-17(12-5-3-2-4-6-12)14(28)8-33-9-15-18(30)19(31)22(32-15)29-7-13(23)16-20(24)25-10-26-21(16)29/h2-7,10-11,15,18-19,22,30-31H,8-9H2,1H3,(H2,24,25,26)/t15-,18-,19-,22-/m1/s1. The lowest BCUT2D eigenvalue weighted by Crippen LogP contribution is -2.32. The zero-order valence-electron chi connectivity index (χ0n) is 17.7. The number of aryl methyl sites for hydroxylation is 1. The summed E-state index contributed by atoms with van der Waals surface area (Å²) in [4.78, 5) is 12.9. The molecule has 0 radical (unpaired) electrons. The molecule has 172 valence electrons. The van der Waals surface area contributed by atoms with Gasteiger partial charge in [-0.25, -0.2) is 15.0 Å². The van der Waals surface area contributed by atoms with Gasteiger partial charge in [-0.1, -0.05) is 30.3 Å². The molecule has 11 heteroatoms. The Kier molecular flexibility index (Phi) is 6.31. The second-order valence-corrected chi connectivity index (χ2v) is 10.1. The molecule has 4 aromatic rings. The summed E-state index contributed by atoms with van der Waals surface area (Å²) in [6.45, 7) is 0. The minimum atomic E-state index is -1.09. The average Bonchev–Trinajstić information content (AvgIpc) is 3.44. The number of aromatic nitrogens is 5. The van der Waals surface area contributed by atoms with Crippen molar-refractivity contribution in [3.05, 3.63) is 58.4 Å². The third-order valence-electron chi connectivity index (χ3n) is 5.83. The molecule has 4 heterocycles. The molecule has 9 nitrogen and oxygen atoms in total. The Morgan fingerprint density at radius 3 is 2.73 bits per heavy atom. The van der Waals surface area contributed by atoms with E-state index in [1.165, 1.54) is 6.33 Å². The minimum absolute atomic E-state index is 0.369. The van der Waals surface area contributed by atoms with E-state index >= 15 is 0 Å². The van der Waals surface area contributed by atoms with Crippen LogP contribution in [0.4, 0.5) is 5.82 Å². The van der Waals surface area contributed by atoms with E-state index in [1.54, 1.807) is 16.3 Å². The van der Waals surface area contributed by atoms with Crippen LogP contribution < -0.4 is 5.73 Å². The van der Waals surface area contributed by atoms with E-state index in [2.05, 4.69) is 37.5 Å². The zero-order valence-corrected chi connectivity index (χ0v) is 20.7. The number of anilines is 1. The molecule has 5 rings (SSSR count). The van der Waals surface area contributed by atoms with Gasteiger partial charge in [0.1, 0.15) is 30.0 Å². The van der Waals surface area contributed by atoms with Gasteiger partial charge in [-0.3, -0.25) is 0 Å². The number of benzene rings is 1. The van der Waals surface area contributed by atoms with E-state index in [9.17, 15) is 10.2 Å². The molecule has 1 aromatic carbocycles. The molecule has 0 unspecified atom stereocenters. The van der Waals surface area contributed by atoms with Crippen LogP contribution in [0.15, 0.2) is 49.2 Å². The Morgan fingerprint density at radius 2 is 1.94 bits per heavy atom. The van der Waals surface area contributed by atoms with Gasteiger partial charge in [0.25, 0.3) is 0 Å². The van der Waals surface area contributed by atoms with Crippen molar-refractivity contribution in [3.8, 4) is 11.3 Å². The van der Waals surface area contributed by atoms with Crippen molar-refractivity contribution < 1.29 is 14.9 Å². The van der Waals surface area contributed by atoms with Gasteiger partial charge >= 0.3 is 0 Å². The fourth-order valence-electron chi connectivity index (χ4n) is 4.09. The van der Waals surface area contributed by atoms with Gasteiger partial charge in [-0.2, -0.15) is 11.8 Å². The van der Waals surface area contributed by atoms with Crippen molar-refractivity contribution in [2.75, 3.05) is 11.5 Å². The Bertz CT molecular complexity index is 1280. The maximum absolute atomic E-state index is 10.7. The molecule has 33 heavy (non-hydrogen) atoms. The number of rotatable bonds is 6. The maximum atomic E-state index is 10.7. The number of thioether (sulfide) groups is 1. The van der Waals surface area contributed by atoms with Crippen molar-refractivity contribution in [3.63, 3.8) is 0 Å². The van der Waals surface area contributed by atoms with E-state index in [0.29, 0.717) is 28.4 Å². The number of aliphatic hydroxyl groups excluding tert-OH is 2. The van der Waals surface area contributed by atoms with E-state index in [1.807, 2.05) is 54.5 Å².